The Kier molecular flexibility index (Phi) is 5.70. The summed E-state index contributed by atoms with van der Waals surface area (Å²) < 4.78 is 12.0. The SMILES string of the molecule is ClCc1cc(OCOCc2ccccc2)ccc1Br. The summed E-state index contributed by atoms with van der Waals surface area (Å²) in [6.45, 7) is 0.762. The molecule has 0 aliphatic heterocycles. The van der Waals surface area contributed by atoms with E-state index in [9.17, 15) is 0 Å². The molecule has 4 heteroatoms. The maximum absolute atomic E-state index is 5.83. The summed E-state index contributed by atoms with van der Waals surface area (Å²) in [5, 5.41) is 0. The number of hydrogen-bond donors (Lipinski definition) is 0. The van der Waals surface area contributed by atoms with Gasteiger partial charge in [-0.15, -0.1) is 11.6 Å². The maximum atomic E-state index is 5.83. The third-order valence-corrected chi connectivity index (χ3v) is 3.64. The molecule has 0 N–H and O–H groups in total. The second-order valence-corrected chi connectivity index (χ2v) is 5.10. The van der Waals surface area contributed by atoms with E-state index in [2.05, 4.69) is 15.9 Å². The lowest BCUT2D eigenvalue weighted by atomic mass is 10.2. The van der Waals surface area contributed by atoms with Gasteiger partial charge in [0.2, 0.25) is 0 Å². The summed E-state index contributed by atoms with van der Waals surface area (Å²) in [6.07, 6.45) is 0. The normalized spacial score (nSPS) is 10.4. The molecule has 0 heterocycles. The van der Waals surface area contributed by atoms with E-state index in [1.54, 1.807) is 0 Å². The fourth-order valence-corrected chi connectivity index (χ4v) is 2.36. The zero-order valence-electron chi connectivity index (χ0n) is 10.3. The van der Waals surface area contributed by atoms with Crippen LogP contribution in [0.15, 0.2) is 53.0 Å². The lowest BCUT2D eigenvalue weighted by molar-refractivity contribution is 0.00501. The van der Waals surface area contributed by atoms with Gasteiger partial charge < -0.3 is 9.47 Å². The van der Waals surface area contributed by atoms with Crippen LogP contribution in [-0.4, -0.2) is 6.79 Å². The molecule has 0 saturated carbocycles. The minimum Gasteiger partial charge on any atom is -0.468 e. The van der Waals surface area contributed by atoms with Crippen LogP contribution in [0.25, 0.3) is 0 Å². The van der Waals surface area contributed by atoms with Crippen molar-refractivity contribution in [1.29, 1.82) is 0 Å². The molecule has 0 spiro atoms. The molecule has 2 aromatic carbocycles. The van der Waals surface area contributed by atoms with Crippen molar-refractivity contribution in [2.24, 2.45) is 0 Å². The number of halogens is 2. The maximum Gasteiger partial charge on any atom is 0.189 e. The predicted octanol–water partition coefficient (Wildman–Crippen LogP) is 4.74. The Morgan fingerprint density at radius 2 is 1.84 bits per heavy atom. The molecule has 0 aliphatic carbocycles. The van der Waals surface area contributed by atoms with Gasteiger partial charge in [-0.1, -0.05) is 46.3 Å². The van der Waals surface area contributed by atoms with Crippen molar-refractivity contribution < 1.29 is 9.47 Å². The first-order valence-electron chi connectivity index (χ1n) is 5.88. The van der Waals surface area contributed by atoms with Crippen molar-refractivity contribution in [2.45, 2.75) is 12.5 Å². The van der Waals surface area contributed by atoms with Gasteiger partial charge in [0.15, 0.2) is 6.79 Å². The van der Waals surface area contributed by atoms with Gasteiger partial charge in [-0.3, -0.25) is 0 Å². The third kappa shape index (κ3) is 4.53. The number of hydrogen-bond acceptors (Lipinski definition) is 2. The van der Waals surface area contributed by atoms with Gasteiger partial charge in [0, 0.05) is 10.4 Å². The van der Waals surface area contributed by atoms with E-state index in [1.165, 1.54) is 0 Å². The summed E-state index contributed by atoms with van der Waals surface area (Å²) in [7, 11) is 0. The highest BCUT2D eigenvalue weighted by molar-refractivity contribution is 9.10. The van der Waals surface area contributed by atoms with E-state index < -0.39 is 0 Å². The summed E-state index contributed by atoms with van der Waals surface area (Å²) in [6, 6.07) is 15.7. The van der Waals surface area contributed by atoms with Gasteiger partial charge in [-0.05, 0) is 29.3 Å². The van der Waals surface area contributed by atoms with Gasteiger partial charge >= 0.3 is 0 Å². The zero-order chi connectivity index (χ0) is 13.5. The summed E-state index contributed by atoms with van der Waals surface area (Å²) in [5.74, 6) is 1.20. The van der Waals surface area contributed by atoms with E-state index in [-0.39, 0.29) is 6.79 Å². The molecule has 19 heavy (non-hydrogen) atoms. The molecule has 0 saturated heterocycles. The van der Waals surface area contributed by atoms with Crippen LogP contribution in [-0.2, 0) is 17.2 Å². The highest BCUT2D eigenvalue weighted by Crippen LogP contribution is 2.24. The minimum absolute atomic E-state index is 0.220. The molecule has 2 aromatic rings. The second kappa shape index (κ2) is 7.53. The zero-order valence-corrected chi connectivity index (χ0v) is 12.7. The average molecular weight is 342 g/mol. The van der Waals surface area contributed by atoms with Crippen molar-refractivity contribution in [2.75, 3.05) is 6.79 Å². The van der Waals surface area contributed by atoms with Crippen LogP contribution in [0.3, 0.4) is 0 Å². The fraction of sp³-hybridized carbons (Fsp3) is 0.200. The average Bonchev–Trinajstić information content (AvgIpc) is 2.46. The molecular weight excluding hydrogens is 328 g/mol. The summed E-state index contributed by atoms with van der Waals surface area (Å²) in [5.41, 5.74) is 2.13. The largest absolute Gasteiger partial charge is 0.468 e. The molecule has 0 aliphatic rings. The van der Waals surface area contributed by atoms with Crippen molar-refractivity contribution >= 4 is 27.5 Å². The highest BCUT2D eigenvalue weighted by atomic mass is 79.9. The fourth-order valence-electron chi connectivity index (χ4n) is 1.59. The first kappa shape index (κ1) is 14.4. The van der Waals surface area contributed by atoms with E-state index in [4.69, 9.17) is 21.1 Å². The lowest BCUT2D eigenvalue weighted by Gasteiger charge is -2.09. The molecule has 0 radical (unpaired) electrons. The summed E-state index contributed by atoms with van der Waals surface area (Å²) >= 11 is 9.26. The van der Waals surface area contributed by atoms with Gasteiger partial charge in [0.05, 0.1) is 6.61 Å². The van der Waals surface area contributed by atoms with Crippen LogP contribution in [0, 0.1) is 0 Å². The Hall–Kier alpha value is -1.03. The van der Waals surface area contributed by atoms with Crippen molar-refractivity contribution in [3.8, 4) is 5.75 Å². The van der Waals surface area contributed by atoms with E-state index in [0.29, 0.717) is 12.5 Å². The Morgan fingerprint density at radius 1 is 1.05 bits per heavy atom. The predicted molar refractivity (Wildman–Crippen MR) is 80.4 cm³/mol. The second-order valence-electron chi connectivity index (χ2n) is 3.98. The van der Waals surface area contributed by atoms with Crippen molar-refractivity contribution in [1.82, 2.24) is 0 Å². The molecule has 0 aromatic heterocycles. The number of ether oxygens (including phenoxy) is 2. The molecule has 0 bridgehead atoms. The van der Waals surface area contributed by atoms with Gasteiger partial charge in [0.1, 0.15) is 5.75 Å². The Bertz CT molecular complexity index is 517. The van der Waals surface area contributed by atoms with Gasteiger partial charge in [0.25, 0.3) is 0 Å². The summed E-state index contributed by atoms with van der Waals surface area (Å²) in [4.78, 5) is 0. The molecule has 0 amide bonds. The van der Waals surface area contributed by atoms with E-state index in [1.807, 2.05) is 48.5 Å². The van der Waals surface area contributed by atoms with Gasteiger partial charge in [-0.25, -0.2) is 0 Å². The smallest absolute Gasteiger partial charge is 0.189 e. The molecular formula is C15H14BrClO2. The van der Waals surface area contributed by atoms with Crippen molar-refractivity contribution in [3.63, 3.8) is 0 Å². The minimum atomic E-state index is 0.220. The van der Waals surface area contributed by atoms with E-state index in [0.717, 1.165) is 21.3 Å². The Labute approximate surface area is 126 Å². The molecule has 2 nitrogen and oxygen atoms in total. The van der Waals surface area contributed by atoms with Crippen LogP contribution < -0.4 is 4.74 Å². The van der Waals surface area contributed by atoms with Crippen LogP contribution in [0.4, 0.5) is 0 Å². The highest BCUT2D eigenvalue weighted by Gasteiger charge is 2.01. The Morgan fingerprint density at radius 3 is 2.58 bits per heavy atom. The quantitative estimate of drug-likeness (QED) is 0.429. The molecule has 0 unspecified atom stereocenters. The molecule has 0 atom stereocenters. The molecule has 0 fully saturated rings. The first-order valence-corrected chi connectivity index (χ1v) is 7.21. The van der Waals surface area contributed by atoms with E-state index >= 15 is 0 Å². The standard InChI is InChI=1S/C15H14BrClO2/c16-15-7-6-14(8-13(15)9-17)19-11-18-10-12-4-2-1-3-5-12/h1-8H,9-11H2. The molecule has 2 rings (SSSR count). The third-order valence-electron chi connectivity index (χ3n) is 2.58. The van der Waals surface area contributed by atoms with Crippen molar-refractivity contribution in [3.05, 3.63) is 64.1 Å². The topological polar surface area (TPSA) is 18.5 Å². The van der Waals surface area contributed by atoms with Crippen LogP contribution in [0.2, 0.25) is 0 Å². The number of alkyl halides is 1. The lowest BCUT2D eigenvalue weighted by Crippen LogP contribution is -2.03. The Balaban J connectivity index is 1.80. The van der Waals surface area contributed by atoms with Crippen LogP contribution >= 0.6 is 27.5 Å². The number of benzene rings is 2. The van der Waals surface area contributed by atoms with Crippen LogP contribution in [0.1, 0.15) is 11.1 Å². The van der Waals surface area contributed by atoms with Crippen LogP contribution in [0.5, 0.6) is 5.75 Å². The number of rotatable bonds is 6. The first-order chi connectivity index (χ1) is 9.29. The van der Waals surface area contributed by atoms with Gasteiger partial charge in [-0.2, -0.15) is 0 Å². The molecule has 100 valence electrons. The monoisotopic (exact) mass is 340 g/mol.